The van der Waals surface area contributed by atoms with Crippen molar-refractivity contribution in [2.75, 3.05) is 0 Å². The molecule has 0 spiro atoms. The summed E-state index contributed by atoms with van der Waals surface area (Å²) in [4.78, 5) is 26.1. The molecule has 5 nitrogen and oxygen atoms in total. The zero-order valence-electron chi connectivity index (χ0n) is 8.44. The van der Waals surface area contributed by atoms with Gasteiger partial charge < -0.3 is 10.3 Å². The minimum atomic E-state index is -0.798. The number of amides is 1. The predicted octanol–water partition coefficient (Wildman–Crippen LogP) is 0.0972. The highest BCUT2D eigenvalue weighted by atomic mass is 16.2. The van der Waals surface area contributed by atoms with Crippen LogP contribution in [-0.4, -0.2) is 15.5 Å². The van der Waals surface area contributed by atoms with Crippen molar-refractivity contribution in [2.24, 2.45) is 5.73 Å². The lowest BCUT2D eigenvalue weighted by atomic mass is 10.1. The summed E-state index contributed by atoms with van der Waals surface area (Å²) in [5.41, 5.74) is 3.96. The van der Waals surface area contributed by atoms with Crippen molar-refractivity contribution in [2.45, 2.75) is 26.3 Å². The molecule has 0 fully saturated rings. The summed E-state index contributed by atoms with van der Waals surface area (Å²) >= 11 is 0. The third-order valence-corrected chi connectivity index (χ3v) is 1.80. The number of aromatic nitrogens is 2. The summed E-state index contributed by atoms with van der Waals surface area (Å²) in [5, 5.41) is 0. The maximum Gasteiger partial charge on any atom is 0.282 e. The Kier molecular flexibility index (Phi) is 2.42. The van der Waals surface area contributed by atoms with Crippen LogP contribution in [0.1, 0.15) is 31.3 Å². The summed E-state index contributed by atoms with van der Waals surface area (Å²) in [5.74, 6) is -0.798. The van der Waals surface area contributed by atoms with E-state index >= 15 is 0 Å². The lowest BCUT2D eigenvalue weighted by Crippen LogP contribution is -2.38. The van der Waals surface area contributed by atoms with Gasteiger partial charge in [-0.05, 0) is 20.8 Å². The molecule has 2 N–H and O–H groups in total. The lowest BCUT2D eigenvalue weighted by molar-refractivity contribution is 0.0992. The monoisotopic (exact) mass is 195 g/mol. The van der Waals surface area contributed by atoms with Crippen LogP contribution >= 0.6 is 0 Å². The zero-order chi connectivity index (χ0) is 10.9. The molecule has 1 aromatic heterocycles. The van der Waals surface area contributed by atoms with Gasteiger partial charge in [-0.1, -0.05) is 0 Å². The molecule has 0 aromatic carbocycles. The fourth-order valence-corrected chi connectivity index (χ4v) is 1.11. The Bertz CT molecular complexity index is 415. The zero-order valence-corrected chi connectivity index (χ0v) is 8.44. The van der Waals surface area contributed by atoms with Crippen LogP contribution in [0.4, 0.5) is 0 Å². The smallest absolute Gasteiger partial charge is 0.282 e. The molecule has 0 unspecified atom stereocenters. The SMILES string of the molecule is CC(C)(C)n1ccnc(C(N)=O)c1=O. The van der Waals surface area contributed by atoms with E-state index < -0.39 is 11.5 Å². The van der Waals surface area contributed by atoms with Crippen LogP contribution < -0.4 is 11.3 Å². The summed E-state index contributed by atoms with van der Waals surface area (Å²) < 4.78 is 1.43. The first-order chi connectivity index (χ1) is 6.34. The topological polar surface area (TPSA) is 78.0 Å². The number of nitrogens with zero attached hydrogens (tertiary/aromatic N) is 2. The summed E-state index contributed by atoms with van der Waals surface area (Å²) in [6.07, 6.45) is 2.93. The number of nitrogens with two attached hydrogens (primary N) is 1. The highest BCUT2D eigenvalue weighted by molar-refractivity contribution is 5.90. The first-order valence-electron chi connectivity index (χ1n) is 4.22. The van der Waals surface area contributed by atoms with Crippen molar-refractivity contribution < 1.29 is 4.79 Å². The first-order valence-corrected chi connectivity index (χ1v) is 4.22. The van der Waals surface area contributed by atoms with Gasteiger partial charge in [-0.3, -0.25) is 9.59 Å². The van der Waals surface area contributed by atoms with E-state index in [2.05, 4.69) is 4.98 Å². The number of hydrogen-bond donors (Lipinski definition) is 1. The molecule has 1 rings (SSSR count). The number of carbonyl (C=O) groups excluding carboxylic acids is 1. The van der Waals surface area contributed by atoms with E-state index in [1.807, 2.05) is 20.8 Å². The quantitative estimate of drug-likeness (QED) is 0.690. The Morgan fingerprint density at radius 2 is 2.07 bits per heavy atom. The van der Waals surface area contributed by atoms with Crippen LogP contribution in [0.5, 0.6) is 0 Å². The second kappa shape index (κ2) is 3.25. The number of hydrogen-bond acceptors (Lipinski definition) is 3. The summed E-state index contributed by atoms with van der Waals surface area (Å²) in [6.45, 7) is 5.58. The first kappa shape index (κ1) is 10.4. The normalized spacial score (nSPS) is 11.4. The highest BCUT2D eigenvalue weighted by Gasteiger charge is 2.18. The summed E-state index contributed by atoms with van der Waals surface area (Å²) in [7, 11) is 0. The van der Waals surface area contributed by atoms with E-state index in [1.165, 1.54) is 17.0 Å². The number of rotatable bonds is 1. The van der Waals surface area contributed by atoms with Gasteiger partial charge in [0.15, 0.2) is 5.69 Å². The Hall–Kier alpha value is -1.65. The van der Waals surface area contributed by atoms with Gasteiger partial charge in [0.25, 0.3) is 11.5 Å². The molecular weight excluding hydrogens is 182 g/mol. The molecule has 0 aliphatic carbocycles. The lowest BCUT2D eigenvalue weighted by Gasteiger charge is -2.21. The average Bonchev–Trinajstić information content (AvgIpc) is 2.01. The van der Waals surface area contributed by atoms with E-state index in [9.17, 15) is 9.59 Å². The van der Waals surface area contributed by atoms with Crippen molar-refractivity contribution in [1.82, 2.24) is 9.55 Å². The average molecular weight is 195 g/mol. The Labute approximate surface area is 81.6 Å². The van der Waals surface area contributed by atoms with Crippen LogP contribution in [0.2, 0.25) is 0 Å². The van der Waals surface area contributed by atoms with Crippen LogP contribution in [-0.2, 0) is 5.54 Å². The fraction of sp³-hybridized carbons (Fsp3) is 0.444. The number of primary amides is 1. The van der Waals surface area contributed by atoms with Crippen LogP contribution in [0, 0.1) is 0 Å². The van der Waals surface area contributed by atoms with Gasteiger partial charge in [0.2, 0.25) is 0 Å². The fourth-order valence-electron chi connectivity index (χ4n) is 1.11. The van der Waals surface area contributed by atoms with Gasteiger partial charge in [0, 0.05) is 17.9 Å². The molecule has 1 heterocycles. The Morgan fingerprint density at radius 3 is 2.50 bits per heavy atom. The van der Waals surface area contributed by atoms with Gasteiger partial charge in [-0.15, -0.1) is 0 Å². The molecule has 0 aliphatic heterocycles. The maximum absolute atomic E-state index is 11.7. The van der Waals surface area contributed by atoms with E-state index in [0.717, 1.165) is 0 Å². The molecule has 5 heteroatoms. The molecule has 1 amide bonds. The van der Waals surface area contributed by atoms with Crippen LogP contribution in [0.25, 0.3) is 0 Å². The van der Waals surface area contributed by atoms with E-state index in [4.69, 9.17) is 5.73 Å². The van der Waals surface area contributed by atoms with Crippen molar-refractivity contribution in [3.63, 3.8) is 0 Å². The Morgan fingerprint density at radius 1 is 1.50 bits per heavy atom. The van der Waals surface area contributed by atoms with Gasteiger partial charge >= 0.3 is 0 Å². The van der Waals surface area contributed by atoms with Gasteiger partial charge in [0.05, 0.1) is 0 Å². The highest BCUT2D eigenvalue weighted by Crippen LogP contribution is 2.09. The molecule has 0 atom stereocenters. The van der Waals surface area contributed by atoms with Crippen LogP contribution in [0.3, 0.4) is 0 Å². The largest absolute Gasteiger partial charge is 0.364 e. The van der Waals surface area contributed by atoms with Gasteiger partial charge in [0.1, 0.15) is 0 Å². The van der Waals surface area contributed by atoms with Crippen molar-refractivity contribution in [3.8, 4) is 0 Å². The van der Waals surface area contributed by atoms with Crippen molar-refractivity contribution >= 4 is 5.91 Å². The second-order valence-electron chi connectivity index (χ2n) is 3.99. The maximum atomic E-state index is 11.7. The third-order valence-electron chi connectivity index (χ3n) is 1.80. The summed E-state index contributed by atoms with van der Waals surface area (Å²) in [6, 6.07) is 0. The molecule has 0 radical (unpaired) electrons. The molecule has 1 aromatic rings. The van der Waals surface area contributed by atoms with E-state index in [-0.39, 0.29) is 11.2 Å². The molecule has 0 bridgehead atoms. The Balaban J connectivity index is 3.44. The molecular formula is C9H13N3O2. The van der Waals surface area contributed by atoms with Crippen molar-refractivity contribution in [3.05, 3.63) is 28.4 Å². The molecule has 0 aliphatic rings. The van der Waals surface area contributed by atoms with Crippen molar-refractivity contribution in [1.29, 1.82) is 0 Å². The van der Waals surface area contributed by atoms with Gasteiger partial charge in [-0.25, -0.2) is 4.98 Å². The molecule has 14 heavy (non-hydrogen) atoms. The predicted molar refractivity (Wildman–Crippen MR) is 52.0 cm³/mol. The van der Waals surface area contributed by atoms with Gasteiger partial charge in [-0.2, -0.15) is 0 Å². The van der Waals surface area contributed by atoms with E-state index in [1.54, 1.807) is 0 Å². The molecule has 76 valence electrons. The molecule has 0 saturated heterocycles. The molecule has 0 saturated carbocycles. The van der Waals surface area contributed by atoms with E-state index in [0.29, 0.717) is 0 Å². The third kappa shape index (κ3) is 1.81. The van der Waals surface area contributed by atoms with Crippen LogP contribution in [0.15, 0.2) is 17.2 Å². The standard InChI is InChI=1S/C9H13N3O2/c1-9(2,3)12-5-4-11-6(7(10)13)8(12)14/h4-5H,1-3H3,(H2,10,13). The minimum absolute atomic E-state index is 0.220. The minimum Gasteiger partial charge on any atom is -0.364 e. The number of carbonyl (C=O) groups is 1. The second-order valence-corrected chi connectivity index (χ2v) is 3.99.